The van der Waals surface area contributed by atoms with Crippen LogP contribution in [0.1, 0.15) is 49.5 Å². The molecule has 1 aromatic rings. The van der Waals surface area contributed by atoms with Crippen molar-refractivity contribution in [1.29, 1.82) is 0 Å². The van der Waals surface area contributed by atoms with E-state index in [4.69, 9.17) is 5.73 Å². The van der Waals surface area contributed by atoms with Gasteiger partial charge in [0.05, 0.1) is 12.0 Å². The summed E-state index contributed by atoms with van der Waals surface area (Å²) < 4.78 is 2.42. The number of rotatable bonds is 1. The van der Waals surface area contributed by atoms with E-state index in [9.17, 15) is 0 Å². The number of nitrogens with two attached hydrogens (primary N) is 1. The molecule has 2 N–H and O–H groups in total. The van der Waals surface area contributed by atoms with Gasteiger partial charge in [0.25, 0.3) is 0 Å². The minimum atomic E-state index is 0.414. The van der Waals surface area contributed by atoms with Crippen LogP contribution in [0, 0.1) is 0 Å². The minimum absolute atomic E-state index is 0.414. The van der Waals surface area contributed by atoms with E-state index in [0.29, 0.717) is 12.1 Å². The Morgan fingerprint density at radius 2 is 2.13 bits per heavy atom. The fourth-order valence-electron chi connectivity index (χ4n) is 3.05. The van der Waals surface area contributed by atoms with E-state index < -0.39 is 0 Å². The van der Waals surface area contributed by atoms with Crippen LogP contribution in [0.15, 0.2) is 6.33 Å². The van der Waals surface area contributed by atoms with E-state index in [0.717, 1.165) is 6.42 Å². The Morgan fingerprint density at radius 1 is 1.27 bits per heavy atom. The highest BCUT2D eigenvalue weighted by atomic mass is 15.1. The van der Waals surface area contributed by atoms with E-state index in [2.05, 4.69) is 15.9 Å². The van der Waals surface area contributed by atoms with Crippen LogP contribution in [0.3, 0.4) is 0 Å². The third kappa shape index (κ3) is 1.59. The van der Waals surface area contributed by atoms with Crippen molar-refractivity contribution in [2.75, 3.05) is 0 Å². The standard InChI is InChI=1S/C12H19N3/c13-9-5-6-10(7-9)15-8-14-11-3-1-2-4-12(11)15/h8-10H,1-7,13H2. The van der Waals surface area contributed by atoms with E-state index in [-0.39, 0.29) is 0 Å². The van der Waals surface area contributed by atoms with Crippen molar-refractivity contribution >= 4 is 0 Å². The molecule has 1 fully saturated rings. The number of aryl methyl sites for hydroxylation is 1. The van der Waals surface area contributed by atoms with E-state index in [1.807, 2.05) is 0 Å². The molecule has 1 saturated carbocycles. The number of hydrogen-bond donors (Lipinski definition) is 1. The fraction of sp³-hybridized carbons (Fsp3) is 0.750. The second kappa shape index (κ2) is 3.63. The molecule has 2 aliphatic carbocycles. The van der Waals surface area contributed by atoms with Gasteiger partial charge in [0.1, 0.15) is 0 Å². The molecule has 15 heavy (non-hydrogen) atoms. The Balaban J connectivity index is 1.88. The summed E-state index contributed by atoms with van der Waals surface area (Å²) in [6.07, 6.45) is 10.7. The third-order valence-electron chi connectivity index (χ3n) is 3.90. The van der Waals surface area contributed by atoms with Gasteiger partial charge in [-0.15, -0.1) is 0 Å². The molecule has 0 saturated heterocycles. The third-order valence-corrected chi connectivity index (χ3v) is 3.90. The fourth-order valence-corrected chi connectivity index (χ4v) is 3.05. The lowest BCUT2D eigenvalue weighted by atomic mass is 10.0. The molecule has 82 valence electrons. The van der Waals surface area contributed by atoms with Crippen LogP contribution in [0.25, 0.3) is 0 Å². The van der Waals surface area contributed by atoms with Crippen molar-refractivity contribution < 1.29 is 0 Å². The summed E-state index contributed by atoms with van der Waals surface area (Å²) in [5.41, 5.74) is 8.82. The van der Waals surface area contributed by atoms with Crippen LogP contribution >= 0.6 is 0 Å². The highest BCUT2D eigenvalue weighted by Crippen LogP contribution is 2.32. The number of fused-ring (bicyclic) bond motifs is 1. The number of nitrogens with zero attached hydrogens (tertiary/aromatic N) is 2. The summed E-state index contributed by atoms with van der Waals surface area (Å²) in [7, 11) is 0. The normalized spacial score (nSPS) is 30.5. The zero-order chi connectivity index (χ0) is 10.3. The molecule has 2 atom stereocenters. The number of hydrogen-bond acceptors (Lipinski definition) is 2. The quantitative estimate of drug-likeness (QED) is 0.760. The summed E-state index contributed by atoms with van der Waals surface area (Å²) >= 11 is 0. The molecule has 2 unspecified atom stereocenters. The van der Waals surface area contributed by atoms with Crippen molar-refractivity contribution in [3.05, 3.63) is 17.7 Å². The summed E-state index contributed by atoms with van der Waals surface area (Å²) in [6, 6.07) is 1.05. The molecule has 1 heterocycles. The lowest BCUT2D eigenvalue weighted by Crippen LogP contribution is -2.17. The number of imidazole rings is 1. The van der Waals surface area contributed by atoms with E-state index in [1.165, 1.54) is 49.9 Å². The van der Waals surface area contributed by atoms with Gasteiger partial charge in [-0.1, -0.05) is 0 Å². The van der Waals surface area contributed by atoms with Crippen LogP contribution in [0.5, 0.6) is 0 Å². The Kier molecular flexibility index (Phi) is 2.28. The topological polar surface area (TPSA) is 43.8 Å². The van der Waals surface area contributed by atoms with Crippen molar-refractivity contribution in [2.45, 2.75) is 57.0 Å². The molecular weight excluding hydrogens is 186 g/mol. The van der Waals surface area contributed by atoms with E-state index >= 15 is 0 Å². The van der Waals surface area contributed by atoms with Gasteiger partial charge < -0.3 is 10.3 Å². The molecule has 0 aromatic carbocycles. The zero-order valence-electron chi connectivity index (χ0n) is 9.15. The molecule has 1 aromatic heterocycles. The van der Waals surface area contributed by atoms with Gasteiger partial charge in [0.15, 0.2) is 0 Å². The molecule has 3 nitrogen and oxygen atoms in total. The molecular formula is C12H19N3. The van der Waals surface area contributed by atoms with Crippen molar-refractivity contribution in [3.63, 3.8) is 0 Å². The lowest BCUT2D eigenvalue weighted by Gasteiger charge is -2.18. The SMILES string of the molecule is NC1CCC(n2cnc3c2CCCC3)C1. The average Bonchev–Trinajstić information content (AvgIpc) is 2.83. The largest absolute Gasteiger partial charge is 0.331 e. The van der Waals surface area contributed by atoms with Gasteiger partial charge in [0.2, 0.25) is 0 Å². The highest BCUT2D eigenvalue weighted by Gasteiger charge is 2.26. The molecule has 0 aliphatic heterocycles. The predicted molar refractivity (Wildman–Crippen MR) is 59.7 cm³/mol. The molecule has 3 heteroatoms. The molecule has 0 amide bonds. The Bertz CT molecular complexity index is 356. The van der Waals surface area contributed by atoms with E-state index in [1.54, 1.807) is 0 Å². The molecule has 0 bridgehead atoms. The van der Waals surface area contributed by atoms with Gasteiger partial charge in [-0.2, -0.15) is 0 Å². The van der Waals surface area contributed by atoms with Crippen LogP contribution in [0.4, 0.5) is 0 Å². The first-order valence-electron chi connectivity index (χ1n) is 6.15. The Morgan fingerprint density at radius 3 is 2.93 bits per heavy atom. The van der Waals surface area contributed by atoms with Crippen molar-refractivity contribution in [1.82, 2.24) is 9.55 Å². The van der Waals surface area contributed by atoms with Crippen molar-refractivity contribution in [3.8, 4) is 0 Å². The summed E-state index contributed by atoms with van der Waals surface area (Å²) in [6.45, 7) is 0. The Labute approximate surface area is 90.7 Å². The first-order valence-corrected chi connectivity index (χ1v) is 6.15. The minimum Gasteiger partial charge on any atom is -0.331 e. The van der Waals surface area contributed by atoms with Crippen molar-refractivity contribution in [2.24, 2.45) is 5.73 Å². The molecule has 3 rings (SSSR count). The van der Waals surface area contributed by atoms with Gasteiger partial charge in [-0.25, -0.2) is 4.98 Å². The van der Waals surface area contributed by atoms with Gasteiger partial charge >= 0.3 is 0 Å². The molecule has 0 radical (unpaired) electrons. The molecule has 0 spiro atoms. The zero-order valence-corrected chi connectivity index (χ0v) is 9.15. The lowest BCUT2D eigenvalue weighted by molar-refractivity contribution is 0.482. The van der Waals surface area contributed by atoms with Gasteiger partial charge in [0, 0.05) is 17.8 Å². The second-order valence-corrected chi connectivity index (χ2v) is 4.98. The van der Waals surface area contributed by atoms with Gasteiger partial charge in [-0.3, -0.25) is 0 Å². The molecule has 2 aliphatic rings. The van der Waals surface area contributed by atoms with Gasteiger partial charge in [-0.05, 0) is 44.9 Å². The first kappa shape index (κ1) is 9.40. The first-order chi connectivity index (χ1) is 7.34. The summed E-state index contributed by atoms with van der Waals surface area (Å²) in [4.78, 5) is 4.55. The maximum Gasteiger partial charge on any atom is 0.0954 e. The second-order valence-electron chi connectivity index (χ2n) is 4.98. The Hall–Kier alpha value is -0.830. The van der Waals surface area contributed by atoms with Crippen LogP contribution in [0.2, 0.25) is 0 Å². The average molecular weight is 205 g/mol. The van der Waals surface area contributed by atoms with Crippen LogP contribution < -0.4 is 5.73 Å². The summed E-state index contributed by atoms with van der Waals surface area (Å²) in [5, 5.41) is 0. The maximum atomic E-state index is 5.97. The monoisotopic (exact) mass is 205 g/mol. The van der Waals surface area contributed by atoms with Crippen LogP contribution in [-0.2, 0) is 12.8 Å². The number of aromatic nitrogens is 2. The maximum absolute atomic E-state index is 5.97. The summed E-state index contributed by atoms with van der Waals surface area (Å²) in [5.74, 6) is 0. The highest BCUT2D eigenvalue weighted by molar-refractivity contribution is 5.17. The van der Waals surface area contributed by atoms with Crippen LogP contribution in [-0.4, -0.2) is 15.6 Å². The smallest absolute Gasteiger partial charge is 0.0954 e. The predicted octanol–water partition coefficient (Wildman–Crippen LogP) is 1.81.